The van der Waals surface area contributed by atoms with Crippen LogP contribution in [0.25, 0.3) is 11.4 Å². The fourth-order valence-corrected chi connectivity index (χ4v) is 1.61. The Morgan fingerprint density at radius 3 is 2.50 bits per heavy atom. The SMILES string of the molecule is Nc1nc(-c2ccccn2)c(C(F)(F)F)cc1C(=O)O. The average Bonchev–Trinajstić information content (AvgIpc) is 2.37. The number of rotatable bonds is 2. The number of carbonyl (C=O) groups is 1. The van der Waals surface area contributed by atoms with Crippen molar-refractivity contribution in [3.8, 4) is 11.4 Å². The third-order valence-corrected chi connectivity index (χ3v) is 2.50. The number of pyridine rings is 2. The van der Waals surface area contributed by atoms with Gasteiger partial charge in [-0.05, 0) is 18.2 Å². The molecule has 2 rings (SSSR count). The van der Waals surface area contributed by atoms with Gasteiger partial charge in [-0.2, -0.15) is 13.2 Å². The summed E-state index contributed by atoms with van der Waals surface area (Å²) >= 11 is 0. The fourth-order valence-electron chi connectivity index (χ4n) is 1.61. The van der Waals surface area contributed by atoms with Crippen LogP contribution in [0.3, 0.4) is 0 Å². The molecule has 8 heteroatoms. The van der Waals surface area contributed by atoms with Crippen molar-refractivity contribution in [3.63, 3.8) is 0 Å². The maximum Gasteiger partial charge on any atom is 0.418 e. The number of anilines is 1. The van der Waals surface area contributed by atoms with Gasteiger partial charge in [0.2, 0.25) is 0 Å². The molecule has 2 heterocycles. The number of carboxylic acid groups (broad SMARTS) is 1. The summed E-state index contributed by atoms with van der Waals surface area (Å²) in [5.41, 5.74) is 2.96. The minimum atomic E-state index is -4.77. The van der Waals surface area contributed by atoms with E-state index in [0.29, 0.717) is 6.07 Å². The van der Waals surface area contributed by atoms with E-state index in [0.717, 1.165) is 0 Å². The molecule has 0 spiro atoms. The average molecular weight is 283 g/mol. The number of nitrogens with zero attached hydrogens (tertiary/aromatic N) is 2. The first kappa shape index (κ1) is 13.8. The van der Waals surface area contributed by atoms with Crippen LogP contribution >= 0.6 is 0 Å². The smallest absolute Gasteiger partial charge is 0.418 e. The third-order valence-electron chi connectivity index (χ3n) is 2.50. The number of aromatic carboxylic acids is 1. The molecule has 0 saturated heterocycles. The number of carboxylic acids is 1. The standard InChI is InChI=1S/C12H8F3N3O2/c13-12(14,15)7-5-6(11(19)20)10(16)18-9(7)8-3-1-2-4-17-8/h1-5H,(H2,16,18)(H,19,20). The second-order valence-corrected chi connectivity index (χ2v) is 3.84. The number of aromatic nitrogens is 2. The number of hydrogen-bond donors (Lipinski definition) is 2. The maximum absolute atomic E-state index is 13.0. The molecule has 0 aromatic carbocycles. The Morgan fingerprint density at radius 2 is 2.00 bits per heavy atom. The lowest BCUT2D eigenvalue weighted by atomic mass is 10.1. The zero-order valence-electron chi connectivity index (χ0n) is 9.85. The molecule has 5 nitrogen and oxygen atoms in total. The summed E-state index contributed by atoms with van der Waals surface area (Å²) in [6, 6.07) is 4.82. The molecule has 0 atom stereocenters. The van der Waals surface area contributed by atoms with Crippen LogP contribution in [0.2, 0.25) is 0 Å². The van der Waals surface area contributed by atoms with Gasteiger partial charge >= 0.3 is 12.1 Å². The van der Waals surface area contributed by atoms with Gasteiger partial charge in [-0.3, -0.25) is 4.98 Å². The van der Waals surface area contributed by atoms with E-state index in [4.69, 9.17) is 10.8 Å². The van der Waals surface area contributed by atoms with Crippen molar-refractivity contribution in [1.82, 2.24) is 9.97 Å². The van der Waals surface area contributed by atoms with Crippen molar-refractivity contribution in [2.24, 2.45) is 0 Å². The van der Waals surface area contributed by atoms with Crippen LogP contribution in [0, 0.1) is 0 Å². The lowest BCUT2D eigenvalue weighted by Crippen LogP contribution is -2.14. The maximum atomic E-state index is 13.0. The van der Waals surface area contributed by atoms with Gasteiger partial charge in [-0.1, -0.05) is 6.07 Å². The zero-order chi connectivity index (χ0) is 14.9. The van der Waals surface area contributed by atoms with Crippen LogP contribution in [-0.4, -0.2) is 21.0 Å². The molecular formula is C12H8F3N3O2. The Balaban J connectivity index is 2.74. The minimum Gasteiger partial charge on any atom is -0.478 e. The van der Waals surface area contributed by atoms with Crippen molar-refractivity contribution in [2.45, 2.75) is 6.18 Å². The molecule has 0 aliphatic heterocycles. The monoisotopic (exact) mass is 283 g/mol. The molecule has 20 heavy (non-hydrogen) atoms. The number of nitrogen functional groups attached to an aromatic ring is 1. The van der Waals surface area contributed by atoms with E-state index in [2.05, 4.69) is 9.97 Å². The van der Waals surface area contributed by atoms with Gasteiger partial charge < -0.3 is 10.8 Å². The molecule has 0 saturated carbocycles. The van der Waals surface area contributed by atoms with E-state index >= 15 is 0 Å². The predicted molar refractivity (Wildman–Crippen MR) is 63.8 cm³/mol. The summed E-state index contributed by atoms with van der Waals surface area (Å²) in [7, 11) is 0. The lowest BCUT2D eigenvalue weighted by molar-refractivity contribution is -0.137. The van der Waals surface area contributed by atoms with Gasteiger partial charge in [0.15, 0.2) is 0 Å². The largest absolute Gasteiger partial charge is 0.478 e. The van der Waals surface area contributed by atoms with Crippen LogP contribution in [0.5, 0.6) is 0 Å². The predicted octanol–water partition coefficient (Wildman–Crippen LogP) is 2.44. The van der Waals surface area contributed by atoms with Crippen LogP contribution in [-0.2, 0) is 6.18 Å². The third kappa shape index (κ3) is 2.53. The van der Waals surface area contributed by atoms with Gasteiger partial charge in [-0.25, -0.2) is 9.78 Å². The highest BCUT2D eigenvalue weighted by molar-refractivity contribution is 5.93. The normalized spacial score (nSPS) is 11.3. The molecular weight excluding hydrogens is 275 g/mol. The van der Waals surface area contributed by atoms with Crippen LogP contribution in [0.1, 0.15) is 15.9 Å². The van der Waals surface area contributed by atoms with Gasteiger partial charge in [0.25, 0.3) is 0 Å². The Bertz CT molecular complexity index is 657. The highest BCUT2D eigenvalue weighted by Gasteiger charge is 2.36. The van der Waals surface area contributed by atoms with Crippen molar-refractivity contribution in [2.75, 3.05) is 5.73 Å². The molecule has 0 amide bonds. The van der Waals surface area contributed by atoms with Crippen LogP contribution < -0.4 is 5.73 Å². The van der Waals surface area contributed by atoms with E-state index in [1.165, 1.54) is 24.4 Å². The summed E-state index contributed by atoms with van der Waals surface area (Å²) < 4.78 is 39.0. The highest BCUT2D eigenvalue weighted by Crippen LogP contribution is 2.37. The summed E-state index contributed by atoms with van der Waals surface area (Å²) in [6.07, 6.45) is -3.46. The van der Waals surface area contributed by atoms with Crippen LogP contribution in [0.4, 0.5) is 19.0 Å². The molecule has 0 bridgehead atoms. The zero-order valence-corrected chi connectivity index (χ0v) is 9.85. The second-order valence-electron chi connectivity index (χ2n) is 3.84. The minimum absolute atomic E-state index is 0.0385. The lowest BCUT2D eigenvalue weighted by Gasteiger charge is -2.13. The van der Waals surface area contributed by atoms with Crippen LogP contribution in [0.15, 0.2) is 30.5 Å². The van der Waals surface area contributed by atoms with E-state index in [-0.39, 0.29) is 5.69 Å². The summed E-state index contributed by atoms with van der Waals surface area (Å²) in [5.74, 6) is -2.07. The van der Waals surface area contributed by atoms with Crippen molar-refractivity contribution in [3.05, 3.63) is 41.6 Å². The Labute approximate surface area is 110 Å². The first-order valence-corrected chi connectivity index (χ1v) is 5.33. The summed E-state index contributed by atoms with van der Waals surface area (Å²) in [6.45, 7) is 0. The van der Waals surface area contributed by atoms with Crippen molar-refractivity contribution >= 4 is 11.8 Å². The molecule has 0 unspecified atom stereocenters. The van der Waals surface area contributed by atoms with Crippen molar-refractivity contribution in [1.29, 1.82) is 0 Å². The van der Waals surface area contributed by atoms with Gasteiger partial charge in [0, 0.05) is 6.20 Å². The van der Waals surface area contributed by atoms with E-state index in [9.17, 15) is 18.0 Å². The Kier molecular flexibility index (Phi) is 3.31. The van der Waals surface area contributed by atoms with E-state index in [1.807, 2.05) is 0 Å². The Hall–Kier alpha value is -2.64. The number of alkyl halides is 3. The second kappa shape index (κ2) is 4.80. The van der Waals surface area contributed by atoms with Crippen molar-refractivity contribution < 1.29 is 23.1 Å². The number of halogens is 3. The molecule has 104 valence electrons. The van der Waals surface area contributed by atoms with E-state index in [1.54, 1.807) is 0 Å². The molecule has 2 aromatic rings. The summed E-state index contributed by atoms with van der Waals surface area (Å²) in [5, 5.41) is 8.81. The number of hydrogen-bond acceptors (Lipinski definition) is 4. The molecule has 0 radical (unpaired) electrons. The first-order valence-electron chi connectivity index (χ1n) is 5.33. The summed E-state index contributed by atoms with van der Waals surface area (Å²) in [4.78, 5) is 18.2. The fraction of sp³-hybridized carbons (Fsp3) is 0.0833. The number of nitrogens with two attached hydrogens (primary N) is 1. The van der Waals surface area contributed by atoms with Gasteiger partial charge in [-0.15, -0.1) is 0 Å². The quantitative estimate of drug-likeness (QED) is 0.883. The molecule has 2 aromatic heterocycles. The Morgan fingerprint density at radius 1 is 1.30 bits per heavy atom. The first-order chi connectivity index (χ1) is 9.30. The topological polar surface area (TPSA) is 89.1 Å². The highest BCUT2D eigenvalue weighted by atomic mass is 19.4. The molecule has 3 N–H and O–H groups in total. The molecule has 0 aliphatic rings. The van der Waals surface area contributed by atoms with E-state index < -0.39 is 34.8 Å². The molecule has 0 fully saturated rings. The van der Waals surface area contributed by atoms with Gasteiger partial charge in [0.05, 0.1) is 11.3 Å². The van der Waals surface area contributed by atoms with Gasteiger partial charge in [0.1, 0.15) is 17.1 Å². The molecule has 0 aliphatic carbocycles.